The maximum Gasteiger partial charge on any atom is 0.335 e. The second-order valence-electron chi connectivity index (χ2n) is 4.58. The summed E-state index contributed by atoms with van der Waals surface area (Å²) in [7, 11) is 3.88. The van der Waals surface area contributed by atoms with Crippen LogP contribution in [0.2, 0.25) is 0 Å². The zero-order valence-electron chi connectivity index (χ0n) is 11.8. The fourth-order valence-corrected chi connectivity index (χ4v) is 1.80. The van der Waals surface area contributed by atoms with Crippen molar-refractivity contribution in [2.24, 2.45) is 5.10 Å². The van der Waals surface area contributed by atoms with Gasteiger partial charge in [0, 0.05) is 37.7 Å². The molecule has 1 heterocycles. The van der Waals surface area contributed by atoms with Crippen LogP contribution in [-0.2, 0) is 0 Å². The molecule has 2 rings (SSSR count). The minimum Gasteiger partial charge on any atom is -0.478 e. The Hall–Kier alpha value is -2.89. The largest absolute Gasteiger partial charge is 0.478 e. The number of aromatic nitrogens is 1. The van der Waals surface area contributed by atoms with E-state index in [-0.39, 0.29) is 5.56 Å². The highest BCUT2D eigenvalue weighted by Crippen LogP contribution is 2.15. The van der Waals surface area contributed by atoms with Crippen molar-refractivity contribution in [1.29, 1.82) is 0 Å². The van der Waals surface area contributed by atoms with Crippen LogP contribution in [0.3, 0.4) is 0 Å². The lowest BCUT2D eigenvalue weighted by atomic mass is 10.2. The summed E-state index contributed by atoms with van der Waals surface area (Å²) >= 11 is 0. The number of hydrogen-bond acceptors (Lipinski definition) is 5. The Balaban J connectivity index is 2.13. The van der Waals surface area contributed by atoms with Crippen LogP contribution < -0.4 is 10.3 Å². The van der Waals surface area contributed by atoms with Gasteiger partial charge in [-0.15, -0.1) is 0 Å². The summed E-state index contributed by atoms with van der Waals surface area (Å²) in [6, 6.07) is 8.36. The van der Waals surface area contributed by atoms with E-state index in [4.69, 9.17) is 5.11 Å². The average Bonchev–Trinajstić information content (AvgIpc) is 2.48. The molecule has 0 unspecified atom stereocenters. The van der Waals surface area contributed by atoms with Gasteiger partial charge in [0.15, 0.2) is 0 Å². The first-order valence-corrected chi connectivity index (χ1v) is 6.31. The van der Waals surface area contributed by atoms with E-state index in [1.807, 2.05) is 25.1 Å². The van der Waals surface area contributed by atoms with E-state index in [0.29, 0.717) is 5.69 Å². The van der Waals surface area contributed by atoms with E-state index in [9.17, 15) is 4.79 Å². The quantitative estimate of drug-likeness (QED) is 0.650. The normalized spacial score (nSPS) is 10.6. The number of carboxylic acids is 1. The van der Waals surface area contributed by atoms with E-state index in [1.165, 1.54) is 12.1 Å². The number of rotatable bonds is 5. The van der Waals surface area contributed by atoms with Crippen molar-refractivity contribution in [3.63, 3.8) is 0 Å². The molecule has 0 radical (unpaired) electrons. The van der Waals surface area contributed by atoms with Crippen molar-refractivity contribution in [3.05, 3.63) is 53.9 Å². The van der Waals surface area contributed by atoms with Crippen LogP contribution in [0.4, 0.5) is 11.4 Å². The van der Waals surface area contributed by atoms with E-state index in [2.05, 4.69) is 15.5 Å². The summed E-state index contributed by atoms with van der Waals surface area (Å²) in [6.07, 6.45) is 5.08. The molecule has 6 nitrogen and oxygen atoms in total. The molecule has 0 spiro atoms. The molecule has 0 bridgehead atoms. The minimum absolute atomic E-state index is 0.213. The summed E-state index contributed by atoms with van der Waals surface area (Å²) < 4.78 is 0. The average molecular weight is 284 g/mol. The number of carboxylic acid groups (broad SMARTS) is 1. The van der Waals surface area contributed by atoms with Crippen molar-refractivity contribution in [3.8, 4) is 0 Å². The predicted octanol–water partition coefficient (Wildman–Crippen LogP) is 2.29. The number of hydrazone groups is 1. The van der Waals surface area contributed by atoms with Crippen molar-refractivity contribution >= 4 is 23.6 Å². The second kappa shape index (κ2) is 6.51. The molecule has 0 aliphatic carbocycles. The molecule has 0 atom stereocenters. The van der Waals surface area contributed by atoms with Crippen LogP contribution in [0.15, 0.2) is 47.8 Å². The zero-order chi connectivity index (χ0) is 15.2. The highest BCUT2D eigenvalue weighted by atomic mass is 16.4. The maximum absolute atomic E-state index is 10.9. The molecule has 0 saturated heterocycles. The SMILES string of the molecule is CN(C)c1ccncc1/C=N/Nc1cccc(C(=O)O)c1. The lowest BCUT2D eigenvalue weighted by Gasteiger charge is -2.14. The number of carbonyl (C=O) groups is 1. The van der Waals surface area contributed by atoms with Crippen LogP contribution in [0.25, 0.3) is 0 Å². The summed E-state index contributed by atoms with van der Waals surface area (Å²) in [5.41, 5.74) is 5.50. The number of nitrogens with one attached hydrogen (secondary N) is 1. The summed E-state index contributed by atoms with van der Waals surface area (Å²) in [5.74, 6) is -0.968. The Kier molecular flexibility index (Phi) is 4.50. The van der Waals surface area contributed by atoms with Gasteiger partial charge in [-0.1, -0.05) is 6.07 Å². The lowest BCUT2D eigenvalue weighted by Crippen LogP contribution is -2.11. The minimum atomic E-state index is -0.968. The molecule has 0 amide bonds. The molecule has 108 valence electrons. The summed E-state index contributed by atoms with van der Waals surface area (Å²) in [6.45, 7) is 0. The zero-order valence-corrected chi connectivity index (χ0v) is 11.8. The van der Waals surface area contributed by atoms with Gasteiger partial charge in [0.2, 0.25) is 0 Å². The Morgan fingerprint density at radius 3 is 2.90 bits per heavy atom. The second-order valence-corrected chi connectivity index (χ2v) is 4.58. The molecule has 0 aliphatic rings. The van der Waals surface area contributed by atoms with Crippen LogP contribution in [0, 0.1) is 0 Å². The van der Waals surface area contributed by atoms with E-state index >= 15 is 0 Å². The first kappa shape index (κ1) is 14.5. The molecule has 2 N–H and O–H groups in total. The van der Waals surface area contributed by atoms with Crippen LogP contribution in [0.5, 0.6) is 0 Å². The Labute approximate surface area is 122 Å². The molecule has 2 aromatic rings. The number of pyridine rings is 1. The Morgan fingerprint density at radius 1 is 1.38 bits per heavy atom. The number of benzene rings is 1. The smallest absolute Gasteiger partial charge is 0.335 e. The summed E-state index contributed by atoms with van der Waals surface area (Å²) in [4.78, 5) is 16.9. The van der Waals surface area contributed by atoms with E-state index in [1.54, 1.807) is 30.7 Å². The highest BCUT2D eigenvalue weighted by Gasteiger charge is 2.03. The van der Waals surface area contributed by atoms with Crippen LogP contribution >= 0.6 is 0 Å². The molecule has 0 fully saturated rings. The molecule has 0 saturated carbocycles. The molecule has 6 heteroatoms. The van der Waals surface area contributed by atoms with Gasteiger partial charge in [0.25, 0.3) is 0 Å². The van der Waals surface area contributed by atoms with Crippen LogP contribution in [0.1, 0.15) is 15.9 Å². The van der Waals surface area contributed by atoms with Gasteiger partial charge in [-0.2, -0.15) is 5.10 Å². The van der Waals surface area contributed by atoms with Gasteiger partial charge in [0.05, 0.1) is 17.5 Å². The van der Waals surface area contributed by atoms with Gasteiger partial charge >= 0.3 is 5.97 Å². The third-order valence-corrected chi connectivity index (χ3v) is 2.82. The molecule has 1 aromatic heterocycles. The maximum atomic E-state index is 10.9. The predicted molar refractivity (Wildman–Crippen MR) is 83.2 cm³/mol. The van der Waals surface area contributed by atoms with Crippen molar-refractivity contribution in [2.75, 3.05) is 24.4 Å². The fourth-order valence-electron chi connectivity index (χ4n) is 1.80. The van der Waals surface area contributed by atoms with Gasteiger partial charge in [0.1, 0.15) is 0 Å². The third kappa shape index (κ3) is 3.79. The van der Waals surface area contributed by atoms with Crippen molar-refractivity contribution < 1.29 is 9.90 Å². The number of hydrogen-bond donors (Lipinski definition) is 2. The van der Waals surface area contributed by atoms with Crippen molar-refractivity contribution in [1.82, 2.24) is 4.98 Å². The molecule has 21 heavy (non-hydrogen) atoms. The molecule has 0 aliphatic heterocycles. The molecule has 1 aromatic carbocycles. The van der Waals surface area contributed by atoms with Gasteiger partial charge < -0.3 is 10.0 Å². The summed E-state index contributed by atoms with van der Waals surface area (Å²) in [5, 5.41) is 13.1. The number of aromatic carboxylic acids is 1. The van der Waals surface area contributed by atoms with Crippen LogP contribution in [-0.4, -0.2) is 36.4 Å². The number of nitrogens with zero attached hydrogens (tertiary/aromatic N) is 3. The fraction of sp³-hybridized carbons (Fsp3) is 0.133. The highest BCUT2D eigenvalue weighted by molar-refractivity contribution is 5.89. The van der Waals surface area contributed by atoms with Gasteiger partial charge in [-0.05, 0) is 24.3 Å². The molecular formula is C15H16N4O2. The molecular weight excluding hydrogens is 268 g/mol. The topological polar surface area (TPSA) is 77.8 Å². The first-order valence-electron chi connectivity index (χ1n) is 6.31. The van der Waals surface area contributed by atoms with E-state index in [0.717, 1.165) is 11.3 Å². The standard InChI is InChI=1S/C15H16N4O2/c1-19(2)14-6-7-16-9-12(14)10-17-18-13-5-3-4-11(8-13)15(20)21/h3-10,18H,1-2H3,(H,20,21)/b17-10+. The van der Waals surface area contributed by atoms with Gasteiger partial charge in [-0.3, -0.25) is 10.4 Å². The third-order valence-electron chi connectivity index (χ3n) is 2.82. The number of anilines is 2. The Bertz CT molecular complexity index is 668. The monoisotopic (exact) mass is 284 g/mol. The van der Waals surface area contributed by atoms with Gasteiger partial charge in [-0.25, -0.2) is 4.79 Å². The van der Waals surface area contributed by atoms with E-state index < -0.39 is 5.97 Å². The Morgan fingerprint density at radius 2 is 2.19 bits per heavy atom. The first-order chi connectivity index (χ1) is 10.1. The van der Waals surface area contributed by atoms with Crippen molar-refractivity contribution in [2.45, 2.75) is 0 Å². The lowest BCUT2D eigenvalue weighted by molar-refractivity contribution is 0.0697.